The molecule has 4 heteroatoms. The van der Waals surface area contributed by atoms with Crippen molar-refractivity contribution in [3.05, 3.63) is 29.8 Å². The molecule has 0 spiro atoms. The van der Waals surface area contributed by atoms with Crippen molar-refractivity contribution in [1.82, 2.24) is 4.90 Å². The van der Waals surface area contributed by atoms with Gasteiger partial charge in [0, 0.05) is 12.7 Å². The molecule has 84 valence electrons. The van der Waals surface area contributed by atoms with Gasteiger partial charge in [-0.2, -0.15) is 0 Å². The average Bonchev–Trinajstić information content (AvgIpc) is 2.24. The summed E-state index contributed by atoms with van der Waals surface area (Å²) in [5.41, 5.74) is 6.92. The standard InChI is InChI=1S/C12H15N3O/c1-12(7-11(16)15(2)8-14-12)9-4-3-5-10(13)6-9/h3-6,8H,7,13H2,1-2H3. The van der Waals surface area contributed by atoms with Crippen LogP contribution in [0, 0.1) is 0 Å². The van der Waals surface area contributed by atoms with Crippen LogP contribution in [-0.4, -0.2) is 24.2 Å². The molecule has 1 unspecified atom stereocenters. The Balaban J connectivity index is 2.40. The summed E-state index contributed by atoms with van der Waals surface area (Å²) in [6, 6.07) is 7.53. The van der Waals surface area contributed by atoms with Gasteiger partial charge in [0.1, 0.15) is 0 Å². The molecular formula is C12H15N3O. The smallest absolute Gasteiger partial charge is 0.230 e. The molecule has 0 saturated heterocycles. The van der Waals surface area contributed by atoms with Crippen LogP contribution in [0.5, 0.6) is 0 Å². The molecule has 4 nitrogen and oxygen atoms in total. The number of anilines is 1. The zero-order valence-electron chi connectivity index (χ0n) is 9.47. The van der Waals surface area contributed by atoms with Crippen LogP contribution >= 0.6 is 0 Å². The summed E-state index contributed by atoms with van der Waals surface area (Å²) < 4.78 is 0. The van der Waals surface area contributed by atoms with Crippen LogP contribution < -0.4 is 5.73 Å². The third-order valence-electron chi connectivity index (χ3n) is 2.91. The van der Waals surface area contributed by atoms with Crippen molar-refractivity contribution >= 4 is 17.9 Å². The van der Waals surface area contributed by atoms with Crippen LogP contribution in [0.25, 0.3) is 0 Å². The Kier molecular flexibility index (Phi) is 2.42. The second-order valence-corrected chi connectivity index (χ2v) is 4.33. The molecule has 0 aliphatic carbocycles. The lowest BCUT2D eigenvalue weighted by atomic mass is 9.87. The Morgan fingerprint density at radius 2 is 2.25 bits per heavy atom. The van der Waals surface area contributed by atoms with Crippen LogP contribution in [0.2, 0.25) is 0 Å². The van der Waals surface area contributed by atoms with E-state index in [1.54, 1.807) is 13.4 Å². The van der Waals surface area contributed by atoms with Crippen molar-refractivity contribution in [2.24, 2.45) is 4.99 Å². The molecule has 0 saturated carbocycles. The number of nitrogen functional groups attached to an aromatic ring is 1. The molecule has 2 rings (SSSR count). The molecule has 1 aromatic rings. The van der Waals surface area contributed by atoms with Gasteiger partial charge in [0.05, 0.1) is 18.3 Å². The highest BCUT2D eigenvalue weighted by Gasteiger charge is 2.33. The van der Waals surface area contributed by atoms with E-state index in [0.29, 0.717) is 12.1 Å². The van der Waals surface area contributed by atoms with Gasteiger partial charge < -0.3 is 10.6 Å². The van der Waals surface area contributed by atoms with Gasteiger partial charge in [-0.1, -0.05) is 12.1 Å². The quantitative estimate of drug-likeness (QED) is 0.722. The van der Waals surface area contributed by atoms with Crippen LogP contribution in [0.1, 0.15) is 18.9 Å². The molecule has 0 fully saturated rings. The predicted octanol–water partition coefficient (Wildman–Crippen LogP) is 1.37. The van der Waals surface area contributed by atoms with Gasteiger partial charge >= 0.3 is 0 Å². The minimum atomic E-state index is -0.487. The van der Waals surface area contributed by atoms with Crippen molar-refractivity contribution in [1.29, 1.82) is 0 Å². The zero-order valence-corrected chi connectivity index (χ0v) is 9.47. The monoisotopic (exact) mass is 217 g/mol. The lowest BCUT2D eigenvalue weighted by Gasteiger charge is -2.31. The van der Waals surface area contributed by atoms with E-state index in [1.165, 1.54) is 4.90 Å². The van der Waals surface area contributed by atoms with E-state index < -0.39 is 5.54 Å². The SMILES string of the molecule is CN1C=NC(C)(c2cccc(N)c2)CC1=O. The molecule has 1 aliphatic rings. The van der Waals surface area contributed by atoms with Crippen molar-refractivity contribution in [3.63, 3.8) is 0 Å². The van der Waals surface area contributed by atoms with Crippen LogP contribution in [0.3, 0.4) is 0 Å². The van der Waals surface area contributed by atoms with Crippen molar-refractivity contribution in [3.8, 4) is 0 Å². The largest absolute Gasteiger partial charge is 0.399 e. The highest BCUT2D eigenvalue weighted by molar-refractivity contribution is 5.90. The Hall–Kier alpha value is -1.84. The van der Waals surface area contributed by atoms with E-state index in [9.17, 15) is 4.79 Å². The van der Waals surface area contributed by atoms with E-state index >= 15 is 0 Å². The number of benzene rings is 1. The van der Waals surface area contributed by atoms with Gasteiger partial charge in [-0.05, 0) is 24.6 Å². The number of hydrogen-bond acceptors (Lipinski definition) is 3. The summed E-state index contributed by atoms with van der Waals surface area (Å²) in [5, 5.41) is 0. The number of amides is 1. The second kappa shape index (κ2) is 3.63. The van der Waals surface area contributed by atoms with Gasteiger partial charge in [-0.15, -0.1) is 0 Å². The summed E-state index contributed by atoms with van der Waals surface area (Å²) >= 11 is 0. The molecule has 1 atom stereocenters. The van der Waals surface area contributed by atoms with E-state index in [4.69, 9.17) is 5.73 Å². The number of carbonyl (C=O) groups excluding carboxylic acids is 1. The third kappa shape index (κ3) is 1.78. The summed E-state index contributed by atoms with van der Waals surface area (Å²) in [6.45, 7) is 1.95. The fraction of sp³-hybridized carbons (Fsp3) is 0.333. The molecule has 1 aromatic carbocycles. The summed E-state index contributed by atoms with van der Waals surface area (Å²) in [6.07, 6.45) is 1.96. The maximum atomic E-state index is 11.7. The summed E-state index contributed by atoms with van der Waals surface area (Å²) in [4.78, 5) is 17.6. The van der Waals surface area contributed by atoms with Crippen molar-refractivity contribution < 1.29 is 4.79 Å². The maximum Gasteiger partial charge on any atom is 0.230 e. The predicted molar refractivity (Wildman–Crippen MR) is 64.1 cm³/mol. The first-order valence-electron chi connectivity index (χ1n) is 5.18. The minimum Gasteiger partial charge on any atom is -0.399 e. The highest BCUT2D eigenvalue weighted by atomic mass is 16.2. The molecule has 16 heavy (non-hydrogen) atoms. The fourth-order valence-electron chi connectivity index (χ4n) is 1.79. The first kappa shape index (κ1) is 10.7. The number of aliphatic imine (C=N–C) groups is 1. The van der Waals surface area contributed by atoms with E-state index in [1.807, 2.05) is 31.2 Å². The number of hydrogen-bond donors (Lipinski definition) is 1. The second-order valence-electron chi connectivity index (χ2n) is 4.33. The molecule has 1 aliphatic heterocycles. The van der Waals surface area contributed by atoms with Gasteiger partial charge in [-0.25, -0.2) is 0 Å². The van der Waals surface area contributed by atoms with E-state index in [-0.39, 0.29) is 5.91 Å². The molecule has 1 heterocycles. The normalized spacial score (nSPS) is 24.9. The molecule has 2 N–H and O–H groups in total. The molecule has 0 bridgehead atoms. The Morgan fingerprint density at radius 1 is 1.50 bits per heavy atom. The molecular weight excluding hydrogens is 202 g/mol. The van der Waals surface area contributed by atoms with Crippen molar-refractivity contribution in [2.75, 3.05) is 12.8 Å². The van der Waals surface area contributed by atoms with Gasteiger partial charge in [0.2, 0.25) is 5.91 Å². The highest BCUT2D eigenvalue weighted by Crippen LogP contribution is 2.32. The van der Waals surface area contributed by atoms with Crippen LogP contribution in [0.15, 0.2) is 29.3 Å². The lowest BCUT2D eigenvalue weighted by Crippen LogP contribution is -2.38. The average molecular weight is 217 g/mol. The van der Waals surface area contributed by atoms with Crippen molar-refractivity contribution in [2.45, 2.75) is 18.9 Å². The van der Waals surface area contributed by atoms with E-state index in [2.05, 4.69) is 4.99 Å². The summed E-state index contributed by atoms with van der Waals surface area (Å²) in [5.74, 6) is 0.0694. The maximum absolute atomic E-state index is 11.7. The fourth-order valence-corrected chi connectivity index (χ4v) is 1.79. The van der Waals surface area contributed by atoms with Gasteiger partial charge in [0.25, 0.3) is 0 Å². The third-order valence-corrected chi connectivity index (χ3v) is 2.91. The number of nitrogens with zero attached hydrogens (tertiary/aromatic N) is 2. The molecule has 1 amide bonds. The lowest BCUT2D eigenvalue weighted by molar-refractivity contribution is -0.128. The number of carbonyl (C=O) groups is 1. The number of rotatable bonds is 1. The van der Waals surface area contributed by atoms with E-state index in [0.717, 1.165) is 5.56 Å². The Morgan fingerprint density at radius 3 is 2.88 bits per heavy atom. The number of nitrogens with two attached hydrogens (primary N) is 1. The zero-order chi connectivity index (χ0) is 11.8. The van der Waals surface area contributed by atoms with Gasteiger partial charge in [-0.3, -0.25) is 9.79 Å². The first-order chi connectivity index (χ1) is 7.51. The molecule has 0 aromatic heterocycles. The van der Waals surface area contributed by atoms with Gasteiger partial charge in [0.15, 0.2) is 0 Å². The minimum absolute atomic E-state index is 0.0694. The van der Waals surface area contributed by atoms with Crippen LogP contribution in [-0.2, 0) is 10.3 Å². The first-order valence-corrected chi connectivity index (χ1v) is 5.18. The Labute approximate surface area is 94.8 Å². The Bertz CT molecular complexity index is 455. The van der Waals surface area contributed by atoms with Crippen LogP contribution in [0.4, 0.5) is 5.69 Å². The molecule has 0 radical (unpaired) electrons. The summed E-state index contributed by atoms with van der Waals surface area (Å²) in [7, 11) is 1.71. The topological polar surface area (TPSA) is 58.7 Å².